The molecular formula is C16H26N4O3. The van der Waals surface area contributed by atoms with E-state index in [9.17, 15) is 4.79 Å². The summed E-state index contributed by atoms with van der Waals surface area (Å²) in [5.41, 5.74) is 0. The molecule has 1 fully saturated rings. The number of rotatable bonds is 5. The van der Waals surface area contributed by atoms with Gasteiger partial charge in [-0.1, -0.05) is 0 Å². The number of piperazine rings is 1. The highest BCUT2D eigenvalue weighted by Gasteiger charge is 2.24. The number of carbonyl (C=O) groups excluding carboxylic acids is 1. The van der Waals surface area contributed by atoms with Crippen LogP contribution in [0.4, 0.5) is 10.6 Å². The maximum Gasteiger partial charge on any atom is 0.317 e. The highest BCUT2D eigenvalue weighted by atomic mass is 16.5. The van der Waals surface area contributed by atoms with Crippen LogP contribution in [0.3, 0.4) is 0 Å². The number of anilines is 1. The minimum Gasteiger partial charge on any atom is -0.497 e. The molecule has 0 bridgehead atoms. The molecule has 2 heterocycles. The molecule has 7 heteroatoms. The van der Waals surface area contributed by atoms with E-state index in [0.29, 0.717) is 13.1 Å². The normalized spacial score (nSPS) is 17.6. The Labute approximate surface area is 137 Å². The van der Waals surface area contributed by atoms with Crippen molar-refractivity contribution in [2.24, 2.45) is 0 Å². The maximum absolute atomic E-state index is 12.3. The smallest absolute Gasteiger partial charge is 0.317 e. The van der Waals surface area contributed by atoms with Crippen LogP contribution in [-0.4, -0.2) is 68.5 Å². The summed E-state index contributed by atoms with van der Waals surface area (Å²) in [6, 6.07) is 3.68. The molecule has 1 aromatic heterocycles. The summed E-state index contributed by atoms with van der Waals surface area (Å²) in [5.74, 6) is 1.67. The molecule has 2 amide bonds. The first-order chi connectivity index (χ1) is 11.0. The number of amides is 2. The largest absolute Gasteiger partial charge is 0.497 e. The first-order valence-electron chi connectivity index (χ1n) is 7.88. The fourth-order valence-corrected chi connectivity index (χ4v) is 2.45. The first kappa shape index (κ1) is 17.3. The fraction of sp³-hybridized carbons (Fsp3) is 0.625. The quantitative estimate of drug-likeness (QED) is 0.886. The Morgan fingerprint density at radius 3 is 2.57 bits per heavy atom. The standard InChI is InChI=1S/C16H26N4O3/c1-12(13(2)22-3)18-16(21)20-9-7-19(8-10-20)15-11-14(23-4)5-6-17-15/h5-6,11-13H,7-10H2,1-4H3,(H,18,21)/t12-,13?/m0/s1. The topological polar surface area (TPSA) is 66.9 Å². The van der Waals surface area contributed by atoms with Crippen molar-refractivity contribution in [2.75, 3.05) is 45.3 Å². The molecule has 2 rings (SSSR count). The van der Waals surface area contributed by atoms with E-state index in [0.717, 1.165) is 24.7 Å². The van der Waals surface area contributed by atoms with Gasteiger partial charge in [-0.05, 0) is 19.9 Å². The lowest BCUT2D eigenvalue weighted by Gasteiger charge is -2.36. The maximum atomic E-state index is 12.3. The zero-order valence-corrected chi connectivity index (χ0v) is 14.3. The summed E-state index contributed by atoms with van der Waals surface area (Å²) in [5, 5.41) is 2.98. The molecule has 2 atom stereocenters. The second-order valence-corrected chi connectivity index (χ2v) is 5.71. The predicted molar refractivity (Wildman–Crippen MR) is 89.0 cm³/mol. The molecule has 128 valence electrons. The van der Waals surface area contributed by atoms with Gasteiger partial charge in [0.05, 0.1) is 19.3 Å². The number of aromatic nitrogens is 1. The summed E-state index contributed by atoms with van der Waals surface area (Å²) in [6.07, 6.45) is 1.72. The van der Waals surface area contributed by atoms with Gasteiger partial charge in [-0.15, -0.1) is 0 Å². The molecule has 0 aromatic carbocycles. The molecule has 0 saturated carbocycles. The number of hydrogen-bond donors (Lipinski definition) is 1. The predicted octanol–water partition coefficient (Wildman–Crippen LogP) is 1.35. The van der Waals surface area contributed by atoms with Crippen molar-refractivity contribution >= 4 is 11.8 Å². The molecule has 1 unspecified atom stereocenters. The molecule has 1 aliphatic heterocycles. The minimum atomic E-state index is -0.0420. The van der Waals surface area contributed by atoms with Crippen LogP contribution in [0, 0.1) is 0 Å². The van der Waals surface area contributed by atoms with Crippen molar-refractivity contribution in [1.29, 1.82) is 0 Å². The van der Waals surface area contributed by atoms with Gasteiger partial charge in [-0.25, -0.2) is 9.78 Å². The molecule has 0 spiro atoms. The molecule has 1 saturated heterocycles. The summed E-state index contributed by atoms with van der Waals surface area (Å²) in [6.45, 7) is 6.72. The summed E-state index contributed by atoms with van der Waals surface area (Å²) in [4.78, 5) is 20.6. The van der Waals surface area contributed by atoms with E-state index in [4.69, 9.17) is 9.47 Å². The zero-order valence-electron chi connectivity index (χ0n) is 14.3. The van der Waals surface area contributed by atoms with Crippen LogP contribution in [0.15, 0.2) is 18.3 Å². The van der Waals surface area contributed by atoms with Gasteiger partial charge in [-0.2, -0.15) is 0 Å². The van der Waals surface area contributed by atoms with Gasteiger partial charge in [0.25, 0.3) is 0 Å². The molecular weight excluding hydrogens is 296 g/mol. The number of urea groups is 1. The van der Waals surface area contributed by atoms with E-state index in [1.165, 1.54) is 0 Å². The van der Waals surface area contributed by atoms with E-state index >= 15 is 0 Å². The van der Waals surface area contributed by atoms with Gasteiger partial charge >= 0.3 is 6.03 Å². The van der Waals surface area contributed by atoms with Gasteiger partial charge < -0.3 is 24.6 Å². The lowest BCUT2D eigenvalue weighted by molar-refractivity contribution is 0.0878. The lowest BCUT2D eigenvalue weighted by atomic mass is 10.2. The summed E-state index contributed by atoms with van der Waals surface area (Å²) < 4.78 is 10.5. The molecule has 1 aliphatic rings. The van der Waals surface area contributed by atoms with Gasteiger partial charge in [0, 0.05) is 45.6 Å². The number of nitrogens with one attached hydrogen (secondary N) is 1. The number of nitrogens with zero attached hydrogens (tertiary/aromatic N) is 3. The second-order valence-electron chi connectivity index (χ2n) is 5.71. The Kier molecular flexibility index (Phi) is 6.04. The molecule has 1 aromatic rings. The van der Waals surface area contributed by atoms with E-state index < -0.39 is 0 Å². The Morgan fingerprint density at radius 1 is 1.26 bits per heavy atom. The number of ether oxygens (including phenoxy) is 2. The van der Waals surface area contributed by atoms with Gasteiger partial charge in [0.2, 0.25) is 0 Å². The third kappa shape index (κ3) is 4.48. The zero-order chi connectivity index (χ0) is 16.8. The van der Waals surface area contributed by atoms with E-state index in [-0.39, 0.29) is 18.2 Å². The van der Waals surface area contributed by atoms with Gasteiger partial charge in [0.15, 0.2) is 0 Å². The number of hydrogen-bond acceptors (Lipinski definition) is 5. The molecule has 1 N–H and O–H groups in total. The van der Waals surface area contributed by atoms with Crippen LogP contribution in [0.25, 0.3) is 0 Å². The van der Waals surface area contributed by atoms with Crippen molar-refractivity contribution in [3.05, 3.63) is 18.3 Å². The third-order valence-electron chi connectivity index (χ3n) is 4.27. The Bertz CT molecular complexity index is 518. The SMILES string of the molecule is COc1ccnc(N2CCN(C(=O)N[C@@H](C)C(C)OC)CC2)c1. The van der Waals surface area contributed by atoms with E-state index in [1.54, 1.807) is 20.4 Å². The Hall–Kier alpha value is -2.02. The van der Waals surface area contributed by atoms with E-state index in [2.05, 4.69) is 15.2 Å². The average Bonchev–Trinajstić information content (AvgIpc) is 2.61. The second kappa shape index (κ2) is 8.01. The minimum absolute atomic E-state index is 0.0128. The number of carbonyl (C=O) groups is 1. The molecule has 0 radical (unpaired) electrons. The molecule has 23 heavy (non-hydrogen) atoms. The van der Waals surface area contributed by atoms with Gasteiger partial charge in [0.1, 0.15) is 11.6 Å². The Balaban J connectivity index is 1.86. The van der Waals surface area contributed by atoms with E-state index in [1.807, 2.05) is 30.9 Å². The lowest BCUT2D eigenvalue weighted by Crippen LogP contribution is -2.54. The fourth-order valence-electron chi connectivity index (χ4n) is 2.45. The average molecular weight is 322 g/mol. The molecule has 0 aliphatic carbocycles. The monoisotopic (exact) mass is 322 g/mol. The van der Waals surface area contributed by atoms with Crippen LogP contribution >= 0.6 is 0 Å². The van der Waals surface area contributed by atoms with Crippen molar-refractivity contribution in [3.8, 4) is 5.75 Å². The molecule has 7 nitrogen and oxygen atoms in total. The number of methoxy groups -OCH3 is 2. The van der Waals surface area contributed by atoms with Crippen molar-refractivity contribution in [3.63, 3.8) is 0 Å². The van der Waals surface area contributed by atoms with Crippen molar-refractivity contribution < 1.29 is 14.3 Å². The van der Waals surface area contributed by atoms with Crippen LogP contribution < -0.4 is 15.0 Å². The van der Waals surface area contributed by atoms with Crippen LogP contribution in [-0.2, 0) is 4.74 Å². The number of pyridine rings is 1. The van der Waals surface area contributed by atoms with Crippen LogP contribution in [0.1, 0.15) is 13.8 Å². The van der Waals surface area contributed by atoms with Crippen molar-refractivity contribution in [1.82, 2.24) is 15.2 Å². The highest BCUT2D eigenvalue weighted by molar-refractivity contribution is 5.75. The van der Waals surface area contributed by atoms with Crippen molar-refractivity contribution in [2.45, 2.75) is 26.0 Å². The first-order valence-corrected chi connectivity index (χ1v) is 7.88. The summed E-state index contributed by atoms with van der Waals surface area (Å²) in [7, 11) is 3.29. The Morgan fingerprint density at radius 2 is 1.96 bits per heavy atom. The van der Waals surface area contributed by atoms with Crippen LogP contribution in [0.5, 0.6) is 5.75 Å². The highest BCUT2D eigenvalue weighted by Crippen LogP contribution is 2.19. The summed E-state index contributed by atoms with van der Waals surface area (Å²) >= 11 is 0. The van der Waals surface area contributed by atoms with Crippen LogP contribution in [0.2, 0.25) is 0 Å². The van der Waals surface area contributed by atoms with Gasteiger partial charge in [-0.3, -0.25) is 0 Å². The third-order valence-corrected chi connectivity index (χ3v) is 4.27.